The highest BCUT2D eigenvalue weighted by molar-refractivity contribution is 5.82. The molecule has 0 amide bonds. The van der Waals surface area contributed by atoms with Crippen LogP contribution in [0.1, 0.15) is 26.7 Å². The lowest BCUT2D eigenvalue weighted by molar-refractivity contribution is 0.642. The highest BCUT2D eigenvalue weighted by Gasteiger charge is 2.08. The molecule has 0 bridgehead atoms. The Morgan fingerprint density at radius 2 is 2.06 bits per heavy atom. The first-order valence-corrected chi connectivity index (χ1v) is 5.68. The van der Waals surface area contributed by atoms with Gasteiger partial charge in [-0.15, -0.1) is 0 Å². The number of hydrogen-bond acceptors (Lipinski definition) is 6. The molecule has 96 valence electrons. The number of nitrogens with two attached hydrogens (primary N) is 2. The van der Waals surface area contributed by atoms with Gasteiger partial charge in [-0.05, 0) is 6.42 Å². The topological polar surface area (TPSA) is 119 Å². The van der Waals surface area contributed by atoms with E-state index >= 15 is 0 Å². The Balaban J connectivity index is 0.000000492. The second kappa shape index (κ2) is 6.39. The number of nitrogen functional groups attached to an aromatic ring is 2. The number of hydrogen-bond donors (Lipinski definition) is 2. The molecule has 0 aliphatic rings. The van der Waals surface area contributed by atoms with Crippen molar-refractivity contribution in [3.8, 4) is 6.07 Å². The lowest BCUT2D eigenvalue weighted by Gasteiger charge is -2.02. The molecule has 18 heavy (non-hydrogen) atoms. The van der Waals surface area contributed by atoms with Crippen LogP contribution in [0.25, 0.3) is 11.2 Å². The van der Waals surface area contributed by atoms with Gasteiger partial charge in [-0.25, -0.2) is 4.98 Å². The number of aromatic nitrogens is 4. The number of unbranched alkanes of at least 4 members (excludes halogenated alkanes) is 1. The predicted molar refractivity (Wildman–Crippen MR) is 70.3 cm³/mol. The molecule has 0 unspecified atom stereocenters. The highest BCUT2D eigenvalue weighted by Crippen LogP contribution is 2.17. The second-order valence-electron chi connectivity index (χ2n) is 3.65. The van der Waals surface area contributed by atoms with E-state index in [2.05, 4.69) is 21.9 Å². The molecule has 7 heteroatoms. The lowest BCUT2D eigenvalue weighted by Crippen LogP contribution is -2.03. The monoisotopic (exact) mass is 247 g/mol. The number of anilines is 2. The van der Waals surface area contributed by atoms with Gasteiger partial charge in [-0.3, -0.25) is 0 Å². The molecule has 0 atom stereocenters. The van der Waals surface area contributed by atoms with Gasteiger partial charge >= 0.3 is 0 Å². The summed E-state index contributed by atoms with van der Waals surface area (Å²) >= 11 is 0. The third-order valence-electron chi connectivity index (χ3n) is 2.26. The first kappa shape index (κ1) is 13.7. The molecular formula is C11H17N7. The molecule has 0 aliphatic heterocycles. The minimum absolute atomic E-state index is 0.193. The van der Waals surface area contributed by atoms with Gasteiger partial charge in [-0.2, -0.15) is 15.2 Å². The fourth-order valence-corrected chi connectivity index (χ4v) is 1.48. The van der Waals surface area contributed by atoms with Crippen LogP contribution in [-0.2, 0) is 6.54 Å². The Morgan fingerprint density at radius 1 is 1.39 bits per heavy atom. The minimum Gasteiger partial charge on any atom is -0.382 e. The summed E-state index contributed by atoms with van der Waals surface area (Å²) in [6, 6.07) is 1.75. The number of nitrogens with zero attached hydrogens (tertiary/aromatic N) is 5. The van der Waals surface area contributed by atoms with Crippen molar-refractivity contribution in [1.29, 1.82) is 5.26 Å². The highest BCUT2D eigenvalue weighted by atomic mass is 15.2. The predicted octanol–water partition coefficient (Wildman–Crippen LogP) is 1.32. The summed E-state index contributed by atoms with van der Waals surface area (Å²) in [7, 11) is 0. The van der Waals surface area contributed by atoms with Crippen molar-refractivity contribution in [3.63, 3.8) is 0 Å². The van der Waals surface area contributed by atoms with E-state index in [0.717, 1.165) is 19.4 Å². The smallest absolute Gasteiger partial charge is 0.224 e. The van der Waals surface area contributed by atoms with Crippen LogP contribution in [0.2, 0.25) is 0 Å². The molecule has 2 aromatic heterocycles. The van der Waals surface area contributed by atoms with Crippen molar-refractivity contribution in [2.45, 2.75) is 33.2 Å². The third-order valence-corrected chi connectivity index (χ3v) is 2.26. The van der Waals surface area contributed by atoms with Crippen LogP contribution in [0, 0.1) is 11.3 Å². The summed E-state index contributed by atoms with van der Waals surface area (Å²) in [6.45, 7) is 4.44. The van der Waals surface area contributed by atoms with Crippen molar-refractivity contribution in [2.24, 2.45) is 0 Å². The number of fused-ring (bicyclic) bond motifs is 1. The number of nitriles is 1. The van der Waals surface area contributed by atoms with Crippen LogP contribution in [0.15, 0.2) is 6.33 Å². The molecular weight excluding hydrogens is 230 g/mol. The zero-order chi connectivity index (χ0) is 13.5. The van der Waals surface area contributed by atoms with E-state index in [0.29, 0.717) is 17.0 Å². The molecule has 2 heterocycles. The molecule has 0 aliphatic carbocycles. The van der Waals surface area contributed by atoms with Gasteiger partial charge in [0.05, 0.1) is 12.4 Å². The average Bonchev–Trinajstić information content (AvgIpc) is 2.71. The zero-order valence-electron chi connectivity index (χ0n) is 10.6. The number of rotatable bonds is 3. The van der Waals surface area contributed by atoms with Crippen LogP contribution >= 0.6 is 0 Å². The Morgan fingerprint density at radius 3 is 2.67 bits per heavy atom. The summed E-state index contributed by atoms with van der Waals surface area (Å²) in [4.78, 5) is 12.2. The minimum atomic E-state index is 0.193. The van der Waals surface area contributed by atoms with Crippen LogP contribution < -0.4 is 11.5 Å². The molecule has 0 radical (unpaired) electrons. The van der Waals surface area contributed by atoms with Gasteiger partial charge in [-0.1, -0.05) is 13.3 Å². The van der Waals surface area contributed by atoms with Gasteiger partial charge in [0.25, 0.3) is 0 Å². The van der Waals surface area contributed by atoms with Crippen molar-refractivity contribution >= 4 is 22.9 Å². The van der Waals surface area contributed by atoms with E-state index < -0.39 is 0 Å². The molecule has 0 aromatic carbocycles. The first-order chi connectivity index (χ1) is 8.63. The molecule has 4 N–H and O–H groups in total. The summed E-state index contributed by atoms with van der Waals surface area (Å²) in [5.74, 6) is 0.533. The van der Waals surface area contributed by atoms with Gasteiger partial charge in [0, 0.05) is 13.5 Å². The summed E-state index contributed by atoms with van der Waals surface area (Å²) in [5, 5.41) is 7.32. The van der Waals surface area contributed by atoms with E-state index in [9.17, 15) is 0 Å². The maximum Gasteiger partial charge on any atom is 0.224 e. The maximum atomic E-state index is 7.32. The third kappa shape index (κ3) is 3.07. The standard InChI is InChI=1S/C9H14N6.C2H3N/c1-2-3-4-15-5-12-6-7(10)13-9(11)14-8(6)15;1-2-3/h5H,2-4H2,1H3,(H4,10,11,13,14);1H3. The van der Waals surface area contributed by atoms with Crippen molar-refractivity contribution < 1.29 is 0 Å². The molecule has 0 spiro atoms. The van der Waals surface area contributed by atoms with E-state index in [-0.39, 0.29) is 5.95 Å². The Bertz CT molecular complexity index is 552. The normalized spacial score (nSPS) is 9.61. The van der Waals surface area contributed by atoms with E-state index in [1.54, 1.807) is 12.4 Å². The quantitative estimate of drug-likeness (QED) is 0.844. The summed E-state index contributed by atoms with van der Waals surface area (Å²) < 4.78 is 1.95. The van der Waals surface area contributed by atoms with Gasteiger partial charge in [0.2, 0.25) is 5.95 Å². The lowest BCUT2D eigenvalue weighted by atomic mass is 10.3. The largest absolute Gasteiger partial charge is 0.382 e. The van der Waals surface area contributed by atoms with Crippen LogP contribution in [-0.4, -0.2) is 19.5 Å². The van der Waals surface area contributed by atoms with Crippen molar-refractivity contribution in [1.82, 2.24) is 19.5 Å². The van der Waals surface area contributed by atoms with Crippen LogP contribution in [0.5, 0.6) is 0 Å². The molecule has 0 saturated carbocycles. The van der Waals surface area contributed by atoms with Gasteiger partial charge in [0.1, 0.15) is 5.52 Å². The Hall–Kier alpha value is -2.36. The average molecular weight is 247 g/mol. The summed E-state index contributed by atoms with van der Waals surface area (Å²) in [5.41, 5.74) is 12.6. The molecule has 2 rings (SSSR count). The van der Waals surface area contributed by atoms with Crippen molar-refractivity contribution in [3.05, 3.63) is 6.33 Å². The Kier molecular flexibility index (Phi) is 4.87. The molecule has 0 saturated heterocycles. The van der Waals surface area contributed by atoms with Gasteiger partial charge in [0.15, 0.2) is 11.5 Å². The second-order valence-corrected chi connectivity index (χ2v) is 3.65. The van der Waals surface area contributed by atoms with Crippen LogP contribution in [0.4, 0.5) is 11.8 Å². The SMILES string of the molecule is CC#N.CCCCn1cnc2c(N)nc(N)nc21. The fourth-order valence-electron chi connectivity index (χ4n) is 1.48. The van der Waals surface area contributed by atoms with E-state index in [1.165, 1.54) is 6.92 Å². The molecule has 7 nitrogen and oxygen atoms in total. The molecule has 0 fully saturated rings. The zero-order valence-corrected chi connectivity index (χ0v) is 10.6. The van der Waals surface area contributed by atoms with E-state index in [4.69, 9.17) is 16.7 Å². The van der Waals surface area contributed by atoms with E-state index in [1.807, 2.05) is 4.57 Å². The Labute approximate surface area is 105 Å². The van der Waals surface area contributed by atoms with Gasteiger partial charge < -0.3 is 16.0 Å². The molecule has 2 aromatic rings. The van der Waals surface area contributed by atoms with Crippen molar-refractivity contribution in [2.75, 3.05) is 11.5 Å². The number of aryl methyl sites for hydroxylation is 1. The first-order valence-electron chi connectivity index (χ1n) is 5.68. The van der Waals surface area contributed by atoms with Crippen LogP contribution in [0.3, 0.4) is 0 Å². The fraction of sp³-hybridized carbons (Fsp3) is 0.455. The summed E-state index contributed by atoms with van der Waals surface area (Å²) in [6.07, 6.45) is 3.93. The number of imidazole rings is 1. The maximum absolute atomic E-state index is 7.32.